The number of rotatable bonds is 3. The van der Waals surface area contributed by atoms with E-state index >= 15 is 0 Å². The SMILES string of the molecule is COc1cc(B2OC(C)(C)C(C)(C)O2)ccc1N(C)C(=O)O. The molecule has 1 amide bonds. The lowest BCUT2D eigenvalue weighted by Gasteiger charge is -2.32. The molecule has 1 aromatic rings. The Balaban J connectivity index is 2.34. The zero-order valence-corrected chi connectivity index (χ0v) is 13.8. The van der Waals surface area contributed by atoms with Gasteiger partial charge in [-0.25, -0.2) is 4.79 Å². The van der Waals surface area contributed by atoms with Crippen molar-refractivity contribution in [2.24, 2.45) is 0 Å². The molecule has 6 nitrogen and oxygen atoms in total. The molecule has 0 radical (unpaired) electrons. The van der Waals surface area contributed by atoms with Crippen LogP contribution in [0.3, 0.4) is 0 Å². The minimum absolute atomic E-state index is 0.429. The van der Waals surface area contributed by atoms with Crippen LogP contribution in [0.1, 0.15) is 27.7 Å². The van der Waals surface area contributed by atoms with E-state index in [0.717, 1.165) is 10.4 Å². The van der Waals surface area contributed by atoms with Gasteiger partial charge in [0.25, 0.3) is 0 Å². The van der Waals surface area contributed by atoms with Gasteiger partial charge in [-0.3, -0.25) is 4.90 Å². The molecule has 7 heteroatoms. The van der Waals surface area contributed by atoms with Gasteiger partial charge >= 0.3 is 13.2 Å². The Labute approximate surface area is 131 Å². The maximum absolute atomic E-state index is 11.1. The molecule has 22 heavy (non-hydrogen) atoms. The van der Waals surface area contributed by atoms with Crippen LogP contribution in [0.15, 0.2) is 18.2 Å². The second-order valence-electron chi connectivity index (χ2n) is 6.36. The number of methoxy groups -OCH3 is 1. The molecule has 0 aliphatic carbocycles. The van der Waals surface area contributed by atoms with Gasteiger partial charge in [-0.15, -0.1) is 0 Å². The Morgan fingerprint density at radius 1 is 1.23 bits per heavy atom. The Hall–Kier alpha value is -1.73. The molecule has 0 unspecified atom stereocenters. The molecule has 1 aliphatic heterocycles. The summed E-state index contributed by atoms with van der Waals surface area (Å²) in [5.74, 6) is 0.456. The first-order valence-corrected chi connectivity index (χ1v) is 7.09. The van der Waals surface area contributed by atoms with Gasteiger partial charge in [0, 0.05) is 7.05 Å². The van der Waals surface area contributed by atoms with Crippen LogP contribution in [-0.2, 0) is 9.31 Å². The highest BCUT2D eigenvalue weighted by Crippen LogP contribution is 2.37. The van der Waals surface area contributed by atoms with Crippen molar-refractivity contribution in [2.45, 2.75) is 38.9 Å². The maximum atomic E-state index is 11.1. The minimum Gasteiger partial charge on any atom is -0.495 e. The number of hydrogen-bond donors (Lipinski definition) is 1. The molecule has 1 saturated heterocycles. The Morgan fingerprint density at radius 2 is 1.77 bits per heavy atom. The van der Waals surface area contributed by atoms with Crippen molar-refractivity contribution in [1.29, 1.82) is 0 Å². The van der Waals surface area contributed by atoms with Crippen molar-refractivity contribution in [3.63, 3.8) is 0 Å². The zero-order valence-electron chi connectivity index (χ0n) is 13.8. The highest BCUT2D eigenvalue weighted by Gasteiger charge is 2.51. The number of benzene rings is 1. The van der Waals surface area contributed by atoms with Gasteiger partial charge in [-0.05, 0) is 45.3 Å². The van der Waals surface area contributed by atoms with E-state index in [1.54, 1.807) is 18.2 Å². The Bertz CT molecular complexity index is 571. The summed E-state index contributed by atoms with van der Waals surface area (Å²) in [6.45, 7) is 7.93. The second-order valence-corrected chi connectivity index (χ2v) is 6.36. The molecule has 0 aromatic heterocycles. The van der Waals surface area contributed by atoms with Gasteiger partial charge in [0.2, 0.25) is 0 Å². The van der Waals surface area contributed by atoms with Crippen LogP contribution in [0.2, 0.25) is 0 Å². The normalized spacial score (nSPS) is 19.1. The highest BCUT2D eigenvalue weighted by molar-refractivity contribution is 6.62. The van der Waals surface area contributed by atoms with Crippen molar-refractivity contribution < 1.29 is 23.9 Å². The number of nitrogens with zero attached hydrogens (tertiary/aromatic N) is 1. The van der Waals surface area contributed by atoms with E-state index < -0.39 is 24.4 Å². The molecule has 0 atom stereocenters. The first-order chi connectivity index (χ1) is 10.1. The van der Waals surface area contributed by atoms with Crippen LogP contribution >= 0.6 is 0 Å². The van der Waals surface area contributed by atoms with Gasteiger partial charge in [0.05, 0.1) is 24.0 Å². The number of hydrogen-bond acceptors (Lipinski definition) is 4. The molecular formula is C15H22BNO5. The van der Waals surface area contributed by atoms with Crippen LogP contribution in [-0.4, -0.2) is 43.7 Å². The summed E-state index contributed by atoms with van der Waals surface area (Å²) in [4.78, 5) is 12.2. The summed E-state index contributed by atoms with van der Waals surface area (Å²) in [7, 11) is 2.46. The fraction of sp³-hybridized carbons (Fsp3) is 0.533. The third-order valence-electron chi connectivity index (χ3n) is 4.38. The maximum Gasteiger partial charge on any atom is 0.494 e. The number of carboxylic acid groups (broad SMARTS) is 1. The van der Waals surface area contributed by atoms with Gasteiger partial charge in [0.15, 0.2) is 0 Å². The second kappa shape index (κ2) is 5.48. The van der Waals surface area contributed by atoms with Gasteiger partial charge in [0.1, 0.15) is 5.75 Å². The van der Waals surface area contributed by atoms with E-state index in [1.807, 2.05) is 27.7 Å². The van der Waals surface area contributed by atoms with Crippen molar-refractivity contribution in [3.05, 3.63) is 18.2 Å². The summed E-state index contributed by atoms with van der Waals surface area (Å²) < 4.78 is 17.3. The van der Waals surface area contributed by atoms with Crippen LogP contribution in [0.4, 0.5) is 10.5 Å². The van der Waals surface area contributed by atoms with Crippen molar-refractivity contribution in [1.82, 2.24) is 0 Å². The monoisotopic (exact) mass is 307 g/mol. The molecule has 0 spiro atoms. The number of carbonyl (C=O) groups is 1. The van der Waals surface area contributed by atoms with E-state index in [4.69, 9.17) is 19.2 Å². The topological polar surface area (TPSA) is 68.2 Å². The average molecular weight is 307 g/mol. The van der Waals surface area contributed by atoms with Crippen LogP contribution in [0, 0.1) is 0 Å². The predicted octanol–water partition coefficient (Wildman–Crippen LogP) is 2.11. The number of amides is 1. The molecule has 1 N–H and O–H groups in total. The van der Waals surface area contributed by atoms with Crippen molar-refractivity contribution >= 4 is 24.4 Å². The van der Waals surface area contributed by atoms with Crippen LogP contribution < -0.4 is 15.1 Å². The molecular weight excluding hydrogens is 285 g/mol. The van der Waals surface area contributed by atoms with E-state index in [0.29, 0.717) is 11.4 Å². The molecule has 120 valence electrons. The van der Waals surface area contributed by atoms with Gasteiger partial charge in [-0.2, -0.15) is 0 Å². The summed E-state index contributed by atoms with van der Waals surface area (Å²) in [5, 5.41) is 9.09. The van der Waals surface area contributed by atoms with Crippen LogP contribution in [0.5, 0.6) is 5.75 Å². The molecule has 0 saturated carbocycles. The molecule has 2 rings (SSSR count). The first kappa shape index (κ1) is 16.6. The number of anilines is 1. The van der Waals surface area contributed by atoms with E-state index in [1.165, 1.54) is 14.2 Å². The minimum atomic E-state index is -1.05. The quantitative estimate of drug-likeness (QED) is 0.866. The third-order valence-corrected chi connectivity index (χ3v) is 4.38. The largest absolute Gasteiger partial charge is 0.495 e. The van der Waals surface area contributed by atoms with Crippen molar-refractivity contribution in [2.75, 3.05) is 19.1 Å². The third kappa shape index (κ3) is 2.78. The molecule has 1 fully saturated rings. The summed E-state index contributed by atoms with van der Waals surface area (Å²) in [6.07, 6.45) is -1.05. The highest BCUT2D eigenvalue weighted by atomic mass is 16.7. The van der Waals surface area contributed by atoms with Gasteiger partial charge in [-0.1, -0.05) is 6.07 Å². The lowest BCUT2D eigenvalue weighted by Crippen LogP contribution is -2.41. The predicted molar refractivity (Wildman–Crippen MR) is 85.1 cm³/mol. The zero-order chi connectivity index (χ0) is 16.7. The Morgan fingerprint density at radius 3 is 2.23 bits per heavy atom. The lowest BCUT2D eigenvalue weighted by atomic mass is 9.79. The number of ether oxygens (including phenoxy) is 1. The Kier molecular flexibility index (Phi) is 4.15. The lowest BCUT2D eigenvalue weighted by molar-refractivity contribution is 0.00578. The van der Waals surface area contributed by atoms with E-state index in [-0.39, 0.29) is 0 Å². The van der Waals surface area contributed by atoms with Crippen molar-refractivity contribution in [3.8, 4) is 5.75 Å². The summed E-state index contributed by atoms with van der Waals surface area (Å²) in [6, 6.07) is 5.23. The average Bonchev–Trinajstić information content (AvgIpc) is 2.65. The first-order valence-electron chi connectivity index (χ1n) is 7.09. The van der Waals surface area contributed by atoms with Crippen LogP contribution in [0.25, 0.3) is 0 Å². The standard InChI is InChI=1S/C15H22BNO5/c1-14(2)15(3,4)22-16(21-14)10-7-8-11(12(9-10)20-6)17(5)13(18)19/h7-9H,1-6H3,(H,18,19). The van der Waals surface area contributed by atoms with E-state index in [9.17, 15) is 4.79 Å². The molecule has 0 bridgehead atoms. The fourth-order valence-electron chi connectivity index (χ4n) is 2.20. The molecule has 1 heterocycles. The van der Waals surface area contributed by atoms with E-state index in [2.05, 4.69) is 0 Å². The fourth-order valence-corrected chi connectivity index (χ4v) is 2.20. The summed E-state index contributed by atoms with van der Waals surface area (Å²) >= 11 is 0. The smallest absolute Gasteiger partial charge is 0.494 e. The molecule has 1 aromatic carbocycles. The van der Waals surface area contributed by atoms with Gasteiger partial charge < -0.3 is 19.2 Å². The summed E-state index contributed by atoms with van der Waals surface area (Å²) in [5.41, 5.74) is 0.399. The molecule has 1 aliphatic rings.